The molecule has 0 saturated carbocycles. The molecule has 3 rings (SSSR count). The number of ether oxygens (including phenoxy) is 1. The van der Waals surface area contributed by atoms with Crippen molar-refractivity contribution < 1.29 is 4.74 Å². The van der Waals surface area contributed by atoms with Gasteiger partial charge in [0.1, 0.15) is 11.6 Å². The number of anilines is 1. The van der Waals surface area contributed by atoms with E-state index in [1.807, 2.05) is 24.4 Å². The van der Waals surface area contributed by atoms with E-state index in [0.29, 0.717) is 0 Å². The lowest BCUT2D eigenvalue weighted by atomic mass is 10.1. The van der Waals surface area contributed by atoms with Gasteiger partial charge in [-0.05, 0) is 30.9 Å². The van der Waals surface area contributed by atoms with E-state index in [2.05, 4.69) is 31.9 Å². The quantitative estimate of drug-likeness (QED) is 0.794. The van der Waals surface area contributed by atoms with Gasteiger partial charge in [0.25, 0.3) is 0 Å². The molecule has 1 aliphatic rings. The molecule has 1 unspecified atom stereocenters. The van der Waals surface area contributed by atoms with E-state index in [0.717, 1.165) is 41.3 Å². The van der Waals surface area contributed by atoms with E-state index in [4.69, 9.17) is 4.74 Å². The summed E-state index contributed by atoms with van der Waals surface area (Å²) in [5, 5.41) is 3.41. The molecule has 0 spiro atoms. The maximum absolute atomic E-state index is 5.45. The van der Waals surface area contributed by atoms with Gasteiger partial charge >= 0.3 is 0 Å². The average molecular weight is 335 g/mol. The Labute approximate surface area is 128 Å². The van der Waals surface area contributed by atoms with Crippen molar-refractivity contribution in [2.45, 2.75) is 12.8 Å². The fourth-order valence-electron chi connectivity index (χ4n) is 3.01. The van der Waals surface area contributed by atoms with Gasteiger partial charge in [-0.2, -0.15) is 0 Å². The van der Waals surface area contributed by atoms with E-state index < -0.39 is 0 Å². The SMILES string of the molecule is COc1cccc2c(N3CCC(CCBr)C3)nccc12. The summed E-state index contributed by atoms with van der Waals surface area (Å²) >= 11 is 3.54. The van der Waals surface area contributed by atoms with Gasteiger partial charge in [-0.15, -0.1) is 0 Å². The number of alkyl halides is 1. The summed E-state index contributed by atoms with van der Waals surface area (Å²) < 4.78 is 5.45. The normalized spacial score (nSPS) is 18.7. The molecule has 2 aromatic rings. The van der Waals surface area contributed by atoms with Gasteiger partial charge in [0.05, 0.1) is 7.11 Å². The molecule has 1 aromatic carbocycles. The first-order chi connectivity index (χ1) is 9.83. The number of hydrogen-bond acceptors (Lipinski definition) is 3. The van der Waals surface area contributed by atoms with Crippen LogP contribution < -0.4 is 9.64 Å². The number of rotatable bonds is 4. The van der Waals surface area contributed by atoms with Crippen LogP contribution in [0.2, 0.25) is 0 Å². The summed E-state index contributed by atoms with van der Waals surface area (Å²) in [5.41, 5.74) is 0. The van der Waals surface area contributed by atoms with E-state index in [1.165, 1.54) is 18.2 Å². The van der Waals surface area contributed by atoms with Crippen molar-refractivity contribution in [1.82, 2.24) is 4.98 Å². The zero-order valence-electron chi connectivity index (χ0n) is 11.7. The molecular formula is C16H19BrN2O. The summed E-state index contributed by atoms with van der Waals surface area (Å²) in [6.45, 7) is 2.20. The molecule has 106 valence electrons. The highest BCUT2D eigenvalue weighted by atomic mass is 79.9. The highest BCUT2D eigenvalue weighted by Crippen LogP contribution is 2.33. The van der Waals surface area contributed by atoms with Crippen LogP contribution in [0.15, 0.2) is 30.5 Å². The maximum Gasteiger partial charge on any atom is 0.136 e. The largest absolute Gasteiger partial charge is 0.496 e. The fourth-order valence-corrected chi connectivity index (χ4v) is 3.66. The first-order valence-electron chi connectivity index (χ1n) is 7.06. The van der Waals surface area contributed by atoms with Crippen LogP contribution in [-0.2, 0) is 0 Å². The minimum absolute atomic E-state index is 0.775. The molecule has 4 heteroatoms. The molecule has 0 aliphatic carbocycles. The van der Waals surface area contributed by atoms with Crippen molar-refractivity contribution >= 4 is 32.5 Å². The van der Waals surface area contributed by atoms with Crippen LogP contribution >= 0.6 is 15.9 Å². The number of pyridine rings is 1. The Hall–Kier alpha value is -1.29. The Morgan fingerprint density at radius 1 is 1.35 bits per heavy atom. The summed E-state index contributed by atoms with van der Waals surface area (Å²) in [4.78, 5) is 7.03. The average Bonchev–Trinajstić information content (AvgIpc) is 2.95. The van der Waals surface area contributed by atoms with Gasteiger partial charge in [-0.25, -0.2) is 4.98 Å². The molecule has 1 saturated heterocycles. The molecule has 0 radical (unpaired) electrons. The molecule has 1 fully saturated rings. The molecule has 0 amide bonds. The van der Waals surface area contributed by atoms with Crippen LogP contribution in [0.3, 0.4) is 0 Å². The number of hydrogen-bond donors (Lipinski definition) is 0. The van der Waals surface area contributed by atoms with Crippen LogP contribution in [-0.4, -0.2) is 30.5 Å². The third-order valence-corrected chi connectivity index (χ3v) is 4.53. The van der Waals surface area contributed by atoms with Crippen molar-refractivity contribution in [2.24, 2.45) is 5.92 Å². The molecule has 3 nitrogen and oxygen atoms in total. The van der Waals surface area contributed by atoms with Crippen LogP contribution in [0, 0.1) is 5.92 Å². The molecule has 0 N–H and O–H groups in total. The highest BCUT2D eigenvalue weighted by Gasteiger charge is 2.24. The summed E-state index contributed by atoms with van der Waals surface area (Å²) in [7, 11) is 1.72. The maximum atomic E-state index is 5.45. The monoisotopic (exact) mass is 334 g/mol. The molecule has 1 aliphatic heterocycles. The highest BCUT2D eigenvalue weighted by molar-refractivity contribution is 9.09. The zero-order chi connectivity index (χ0) is 13.9. The molecule has 20 heavy (non-hydrogen) atoms. The smallest absolute Gasteiger partial charge is 0.136 e. The first kappa shape index (κ1) is 13.7. The van der Waals surface area contributed by atoms with E-state index in [-0.39, 0.29) is 0 Å². The van der Waals surface area contributed by atoms with Gasteiger partial charge < -0.3 is 9.64 Å². The van der Waals surface area contributed by atoms with Gasteiger partial charge in [0, 0.05) is 35.4 Å². The van der Waals surface area contributed by atoms with E-state index >= 15 is 0 Å². The third kappa shape index (κ3) is 2.49. The van der Waals surface area contributed by atoms with E-state index in [1.54, 1.807) is 7.11 Å². The van der Waals surface area contributed by atoms with Crippen LogP contribution in [0.4, 0.5) is 5.82 Å². The number of halogens is 1. The van der Waals surface area contributed by atoms with Crippen LogP contribution in [0.5, 0.6) is 5.75 Å². The van der Waals surface area contributed by atoms with Gasteiger partial charge in [0.15, 0.2) is 0 Å². The molecular weight excluding hydrogens is 316 g/mol. The number of nitrogens with zero attached hydrogens (tertiary/aromatic N) is 2. The Morgan fingerprint density at radius 3 is 3.05 bits per heavy atom. The third-order valence-electron chi connectivity index (χ3n) is 4.07. The van der Waals surface area contributed by atoms with Gasteiger partial charge in [-0.1, -0.05) is 28.1 Å². The predicted molar refractivity (Wildman–Crippen MR) is 87.0 cm³/mol. The van der Waals surface area contributed by atoms with E-state index in [9.17, 15) is 0 Å². The number of benzene rings is 1. The summed E-state index contributed by atoms with van der Waals surface area (Å²) in [5.74, 6) is 2.79. The van der Waals surface area contributed by atoms with Crippen molar-refractivity contribution in [3.63, 3.8) is 0 Å². The van der Waals surface area contributed by atoms with Crippen molar-refractivity contribution in [3.8, 4) is 5.75 Å². The lowest BCUT2D eigenvalue weighted by Gasteiger charge is -2.20. The fraction of sp³-hybridized carbons (Fsp3) is 0.438. The number of fused-ring (bicyclic) bond motifs is 1. The molecule has 1 aromatic heterocycles. The zero-order valence-corrected chi connectivity index (χ0v) is 13.3. The van der Waals surface area contributed by atoms with Crippen molar-refractivity contribution in [2.75, 3.05) is 30.4 Å². The number of aromatic nitrogens is 1. The second-order valence-electron chi connectivity index (χ2n) is 5.27. The minimum atomic E-state index is 0.775. The Bertz CT molecular complexity index is 602. The lowest BCUT2D eigenvalue weighted by molar-refractivity contribution is 0.420. The second kappa shape index (κ2) is 6.00. The van der Waals surface area contributed by atoms with Gasteiger partial charge in [-0.3, -0.25) is 0 Å². The van der Waals surface area contributed by atoms with Crippen molar-refractivity contribution in [1.29, 1.82) is 0 Å². The molecule has 2 heterocycles. The first-order valence-corrected chi connectivity index (χ1v) is 8.18. The minimum Gasteiger partial charge on any atom is -0.496 e. The Morgan fingerprint density at radius 2 is 2.25 bits per heavy atom. The molecule has 1 atom stereocenters. The Kier molecular flexibility index (Phi) is 4.10. The van der Waals surface area contributed by atoms with Gasteiger partial charge in [0.2, 0.25) is 0 Å². The summed E-state index contributed by atoms with van der Waals surface area (Å²) in [6.07, 6.45) is 4.39. The van der Waals surface area contributed by atoms with Crippen LogP contribution in [0.25, 0.3) is 10.8 Å². The Balaban J connectivity index is 1.96. The number of methoxy groups -OCH3 is 1. The molecule has 0 bridgehead atoms. The second-order valence-corrected chi connectivity index (χ2v) is 6.06. The topological polar surface area (TPSA) is 25.4 Å². The standard InChI is InChI=1S/C16H19BrN2O/c1-20-15-4-2-3-14-13(15)6-9-18-16(14)19-10-7-12(11-19)5-8-17/h2-4,6,9,12H,5,7-8,10-11H2,1H3. The summed E-state index contributed by atoms with van der Waals surface area (Å²) in [6, 6.07) is 8.21. The van der Waals surface area contributed by atoms with Crippen LogP contribution in [0.1, 0.15) is 12.8 Å². The lowest BCUT2D eigenvalue weighted by Crippen LogP contribution is -2.21. The van der Waals surface area contributed by atoms with Crippen molar-refractivity contribution in [3.05, 3.63) is 30.5 Å². The predicted octanol–water partition coefficient (Wildman–Crippen LogP) is 3.85.